The number of rotatable bonds is 2. The number of hydrogen-bond acceptors (Lipinski definition) is 2. The van der Waals surface area contributed by atoms with Gasteiger partial charge >= 0.3 is 0 Å². The Labute approximate surface area is 84.0 Å². The van der Waals surface area contributed by atoms with Crippen molar-refractivity contribution in [3.63, 3.8) is 0 Å². The highest BCUT2D eigenvalue weighted by molar-refractivity contribution is 7.13. The van der Waals surface area contributed by atoms with E-state index < -0.39 is 0 Å². The minimum Gasteiger partial charge on any atom is -0.507 e. The van der Waals surface area contributed by atoms with Crippen molar-refractivity contribution in [2.24, 2.45) is 0 Å². The first-order valence-electron chi connectivity index (χ1n) is 4.26. The van der Waals surface area contributed by atoms with Gasteiger partial charge in [-0.25, -0.2) is 0 Å². The summed E-state index contributed by atoms with van der Waals surface area (Å²) in [6, 6.07) is 1.98. The molecule has 0 bridgehead atoms. The Hall–Kier alpha value is -1.02. The largest absolute Gasteiger partial charge is 0.507 e. The van der Waals surface area contributed by atoms with Crippen LogP contribution in [0.15, 0.2) is 19.2 Å². The maximum absolute atomic E-state index is 9.12. The smallest absolute Gasteiger partial charge is 0.126 e. The summed E-state index contributed by atoms with van der Waals surface area (Å²) in [6.45, 7) is 13.1. The second kappa shape index (κ2) is 5.60. The van der Waals surface area contributed by atoms with Crippen molar-refractivity contribution in [3.05, 3.63) is 34.5 Å². The zero-order valence-electron chi connectivity index (χ0n) is 8.42. The number of thiophene rings is 1. The molecule has 13 heavy (non-hydrogen) atoms. The highest BCUT2D eigenvalue weighted by Crippen LogP contribution is 2.26. The van der Waals surface area contributed by atoms with Crippen LogP contribution in [0.5, 0.6) is 0 Å². The molecule has 0 saturated carbocycles. The molecule has 0 radical (unpaired) electrons. The van der Waals surface area contributed by atoms with Crippen molar-refractivity contribution in [1.29, 1.82) is 0 Å². The summed E-state index contributed by atoms with van der Waals surface area (Å²) in [6.07, 6.45) is 1.72. The lowest BCUT2D eigenvalue weighted by molar-refractivity contribution is 0.516. The molecule has 0 unspecified atom stereocenters. The normalized spacial score (nSPS) is 8.54. The van der Waals surface area contributed by atoms with Crippen LogP contribution in [0.4, 0.5) is 0 Å². The van der Waals surface area contributed by atoms with Crippen LogP contribution < -0.4 is 0 Å². The van der Waals surface area contributed by atoms with Gasteiger partial charge in [0.1, 0.15) is 5.76 Å². The van der Waals surface area contributed by atoms with E-state index in [1.807, 2.05) is 26.8 Å². The summed E-state index contributed by atoms with van der Waals surface area (Å²) < 4.78 is 0. The third kappa shape index (κ3) is 3.07. The summed E-state index contributed by atoms with van der Waals surface area (Å²) in [4.78, 5) is 1.97. The van der Waals surface area contributed by atoms with Crippen LogP contribution in [0.3, 0.4) is 0 Å². The quantitative estimate of drug-likeness (QED) is 0.701. The standard InChI is InChI=1S/C9H10OS.C2H6/c1-4-8-5-6(2)11-9(8)7(3)10;1-2/h4-5,10H,1,3H2,2H3;1-2H3. The molecule has 0 fully saturated rings. The highest BCUT2D eigenvalue weighted by Gasteiger charge is 2.05. The molecule has 0 aliphatic rings. The molecule has 0 saturated heterocycles. The number of aliphatic hydroxyl groups excluding tert-OH is 1. The molecule has 0 aliphatic heterocycles. The highest BCUT2D eigenvalue weighted by atomic mass is 32.1. The molecular formula is C11H16OS. The minimum atomic E-state index is 0.123. The summed E-state index contributed by atoms with van der Waals surface area (Å²) in [5.41, 5.74) is 0.958. The molecule has 1 heterocycles. The lowest BCUT2D eigenvalue weighted by Crippen LogP contribution is -1.76. The van der Waals surface area contributed by atoms with E-state index in [1.165, 1.54) is 11.3 Å². The lowest BCUT2D eigenvalue weighted by atomic mass is 10.2. The third-order valence-electron chi connectivity index (χ3n) is 1.37. The predicted molar refractivity (Wildman–Crippen MR) is 62.2 cm³/mol. The van der Waals surface area contributed by atoms with Crippen LogP contribution in [-0.2, 0) is 0 Å². The number of aliphatic hydroxyl groups is 1. The average molecular weight is 196 g/mol. The molecule has 1 rings (SSSR count). The summed E-state index contributed by atoms with van der Waals surface area (Å²) in [5.74, 6) is 0.123. The van der Waals surface area contributed by atoms with E-state index in [9.17, 15) is 0 Å². The fraction of sp³-hybridized carbons (Fsp3) is 0.273. The van der Waals surface area contributed by atoms with Gasteiger partial charge < -0.3 is 5.11 Å². The van der Waals surface area contributed by atoms with Gasteiger partial charge in [-0.1, -0.05) is 33.1 Å². The lowest BCUT2D eigenvalue weighted by Gasteiger charge is -1.93. The van der Waals surface area contributed by atoms with Crippen molar-refractivity contribution < 1.29 is 5.11 Å². The van der Waals surface area contributed by atoms with E-state index in [4.69, 9.17) is 5.11 Å². The topological polar surface area (TPSA) is 20.2 Å². The SMILES string of the molecule is C=Cc1cc(C)sc1C(=C)O.CC. The van der Waals surface area contributed by atoms with E-state index in [-0.39, 0.29) is 5.76 Å². The summed E-state index contributed by atoms with van der Waals surface area (Å²) >= 11 is 1.53. The van der Waals surface area contributed by atoms with Crippen molar-refractivity contribution in [3.8, 4) is 0 Å². The monoisotopic (exact) mass is 196 g/mol. The van der Waals surface area contributed by atoms with Crippen LogP contribution in [0, 0.1) is 6.92 Å². The van der Waals surface area contributed by atoms with Gasteiger partial charge in [0.25, 0.3) is 0 Å². The maximum atomic E-state index is 9.12. The van der Waals surface area contributed by atoms with E-state index in [0.29, 0.717) is 0 Å². The van der Waals surface area contributed by atoms with Gasteiger partial charge in [0, 0.05) is 4.88 Å². The maximum Gasteiger partial charge on any atom is 0.126 e. The molecule has 0 amide bonds. The molecule has 0 aromatic carbocycles. The van der Waals surface area contributed by atoms with Crippen molar-refractivity contribution >= 4 is 23.2 Å². The van der Waals surface area contributed by atoms with Gasteiger partial charge in [-0.2, -0.15) is 0 Å². The van der Waals surface area contributed by atoms with Gasteiger partial charge in [0.15, 0.2) is 0 Å². The molecule has 0 atom stereocenters. The predicted octanol–water partition coefficient (Wildman–Crippen LogP) is 4.25. The second-order valence-corrected chi connectivity index (χ2v) is 3.55. The first kappa shape index (κ1) is 12.0. The van der Waals surface area contributed by atoms with Gasteiger partial charge in [0.05, 0.1) is 4.88 Å². The fourth-order valence-corrected chi connectivity index (χ4v) is 1.80. The van der Waals surface area contributed by atoms with Crippen LogP contribution in [0.1, 0.15) is 29.2 Å². The Morgan fingerprint density at radius 1 is 1.54 bits per heavy atom. The molecule has 1 aromatic rings. The van der Waals surface area contributed by atoms with E-state index in [0.717, 1.165) is 15.3 Å². The number of aryl methyl sites for hydroxylation is 1. The van der Waals surface area contributed by atoms with E-state index >= 15 is 0 Å². The van der Waals surface area contributed by atoms with Crippen LogP contribution in [0.25, 0.3) is 11.8 Å². The van der Waals surface area contributed by atoms with Gasteiger partial charge in [-0.3, -0.25) is 0 Å². The second-order valence-electron chi connectivity index (χ2n) is 2.29. The molecule has 2 heteroatoms. The number of hydrogen-bond donors (Lipinski definition) is 1. The Bertz CT molecular complexity index is 297. The first-order valence-corrected chi connectivity index (χ1v) is 5.08. The Balaban J connectivity index is 0.000000671. The van der Waals surface area contributed by atoms with Crippen molar-refractivity contribution in [2.45, 2.75) is 20.8 Å². The van der Waals surface area contributed by atoms with Crippen molar-refractivity contribution in [2.75, 3.05) is 0 Å². The third-order valence-corrected chi connectivity index (χ3v) is 2.48. The van der Waals surface area contributed by atoms with Crippen LogP contribution in [0.2, 0.25) is 0 Å². The Kier molecular flexibility index (Phi) is 5.16. The van der Waals surface area contributed by atoms with Gasteiger partial charge in [-0.15, -0.1) is 11.3 Å². The molecule has 72 valence electrons. The molecule has 1 nitrogen and oxygen atoms in total. The minimum absolute atomic E-state index is 0.123. The molecule has 1 aromatic heterocycles. The fourth-order valence-electron chi connectivity index (χ4n) is 0.911. The van der Waals surface area contributed by atoms with Gasteiger partial charge in [0.2, 0.25) is 0 Å². The molecule has 0 spiro atoms. The van der Waals surface area contributed by atoms with E-state index in [1.54, 1.807) is 6.08 Å². The van der Waals surface area contributed by atoms with Crippen LogP contribution >= 0.6 is 11.3 Å². The summed E-state index contributed by atoms with van der Waals surface area (Å²) in [7, 11) is 0. The molecule has 0 aliphatic carbocycles. The Morgan fingerprint density at radius 2 is 2.08 bits per heavy atom. The Morgan fingerprint density at radius 3 is 2.38 bits per heavy atom. The van der Waals surface area contributed by atoms with Crippen molar-refractivity contribution in [1.82, 2.24) is 0 Å². The average Bonchev–Trinajstić information content (AvgIpc) is 2.50. The summed E-state index contributed by atoms with van der Waals surface area (Å²) in [5, 5.41) is 9.12. The zero-order valence-corrected chi connectivity index (χ0v) is 9.24. The first-order chi connectivity index (χ1) is 6.15. The zero-order chi connectivity index (χ0) is 10.4. The van der Waals surface area contributed by atoms with Gasteiger partial charge in [-0.05, 0) is 18.6 Å². The van der Waals surface area contributed by atoms with Crippen LogP contribution in [-0.4, -0.2) is 5.11 Å². The molecular weight excluding hydrogens is 180 g/mol. The molecule has 1 N–H and O–H groups in total. The van der Waals surface area contributed by atoms with E-state index in [2.05, 4.69) is 13.2 Å².